The number of ether oxygens (including phenoxy) is 1. The molecular formula is C14H29NO. The van der Waals surface area contributed by atoms with Gasteiger partial charge in [0.1, 0.15) is 0 Å². The van der Waals surface area contributed by atoms with Gasteiger partial charge in [-0.05, 0) is 44.1 Å². The summed E-state index contributed by atoms with van der Waals surface area (Å²) in [6.45, 7) is 10.2. The van der Waals surface area contributed by atoms with E-state index in [0.717, 1.165) is 24.3 Å². The molecule has 0 aromatic rings. The lowest BCUT2D eigenvalue weighted by Gasteiger charge is -2.39. The molecule has 0 radical (unpaired) electrons. The van der Waals surface area contributed by atoms with Crippen LogP contribution in [0, 0.1) is 17.8 Å². The summed E-state index contributed by atoms with van der Waals surface area (Å²) in [5, 5.41) is 3.61. The van der Waals surface area contributed by atoms with Gasteiger partial charge in [0.25, 0.3) is 0 Å². The van der Waals surface area contributed by atoms with Crippen LogP contribution in [0.15, 0.2) is 0 Å². The fourth-order valence-corrected chi connectivity index (χ4v) is 3.01. The Hall–Kier alpha value is -0.0800. The van der Waals surface area contributed by atoms with Crippen LogP contribution in [0.25, 0.3) is 0 Å². The van der Waals surface area contributed by atoms with Crippen LogP contribution in [-0.2, 0) is 4.74 Å². The van der Waals surface area contributed by atoms with Gasteiger partial charge in [0.15, 0.2) is 0 Å². The Morgan fingerprint density at radius 3 is 2.44 bits per heavy atom. The molecule has 16 heavy (non-hydrogen) atoms. The molecule has 2 heteroatoms. The fourth-order valence-electron chi connectivity index (χ4n) is 3.01. The van der Waals surface area contributed by atoms with Gasteiger partial charge in [-0.1, -0.05) is 27.2 Å². The molecule has 0 saturated heterocycles. The van der Waals surface area contributed by atoms with Gasteiger partial charge in [0.2, 0.25) is 0 Å². The fraction of sp³-hybridized carbons (Fsp3) is 1.00. The molecule has 0 aromatic carbocycles. The molecule has 0 bridgehead atoms. The Morgan fingerprint density at radius 1 is 1.25 bits per heavy atom. The molecule has 96 valence electrons. The highest BCUT2D eigenvalue weighted by atomic mass is 16.5. The first-order chi connectivity index (χ1) is 7.60. The van der Waals surface area contributed by atoms with Crippen LogP contribution in [0.3, 0.4) is 0 Å². The number of hydrogen-bond acceptors (Lipinski definition) is 2. The number of nitrogens with one attached hydrogen (secondary N) is 1. The van der Waals surface area contributed by atoms with Crippen molar-refractivity contribution in [3.63, 3.8) is 0 Å². The predicted molar refractivity (Wildman–Crippen MR) is 69.6 cm³/mol. The minimum atomic E-state index is 0.325. The largest absolute Gasteiger partial charge is 0.380 e. The third kappa shape index (κ3) is 3.46. The third-order valence-corrected chi connectivity index (χ3v) is 4.46. The van der Waals surface area contributed by atoms with Crippen LogP contribution in [-0.4, -0.2) is 25.8 Å². The summed E-state index contributed by atoms with van der Waals surface area (Å²) < 4.78 is 5.52. The zero-order valence-corrected chi connectivity index (χ0v) is 11.6. The molecule has 1 aliphatic rings. The number of hydrogen-bond donors (Lipinski definition) is 1. The van der Waals surface area contributed by atoms with Crippen molar-refractivity contribution in [2.45, 2.75) is 59.1 Å². The van der Waals surface area contributed by atoms with E-state index in [1.165, 1.54) is 19.3 Å². The van der Waals surface area contributed by atoms with Crippen molar-refractivity contribution in [2.24, 2.45) is 17.8 Å². The molecule has 5 atom stereocenters. The normalized spacial score (nSPS) is 34.7. The highest BCUT2D eigenvalue weighted by molar-refractivity contribution is 4.86. The smallest absolute Gasteiger partial charge is 0.0698 e. The highest BCUT2D eigenvalue weighted by Gasteiger charge is 2.32. The minimum absolute atomic E-state index is 0.325. The van der Waals surface area contributed by atoms with E-state index < -0.39 is 0 Å². The first-order valence-corrected chi connectivity index (χ1v) is 6.86. The van der Waals surface area contributed by atoms with E-state index in [1.54, 1.807) is 0 Å². The predicted octanol–water partition coefficient (Wildman–Crippen LogP) is 3.07. The van der Waals surface area contributed by atoms with Gasteiger partial charge in [-0.3, -0.25) is 0 Å². The van der Waals surface area contributed by atoms with Crippen LogP contribution < -0.4 is 5.32 Å². The van der Waals surface area contributed by atoms with Crippen LogP contribution in [0.2, 0.25) is 0 Å². The molecule has 1 fully saturated rings. The molecule has 0 spiro atoms. The lowest BCUT2D eigenvalue weighted by molar-refractivity contribution is 0.0411. The number of likely N-dealkylation sites (N-methyl/N-ethyl adjacent to an activating group) is 1. The van der Waals surface area contributed by atoms with E-state index >= 15 is 0 Å². The van der Waals surface area contributed by atoms with Gasteiger partial charge in [-0.2, -0.15) is 0 Å². The van der Waals surface area contributed by atoms with Gasteiger partial charge in [-0.15, -0.1) is 0 Å². The summed E-state index contributed by atoms with van der Waals surface area (Å²) >= 11 is 0. The third-order valence-electron chi connectivity index (χ3n) is 4.46. The molecule has 0 aliphatic heterocycles. The van der Waals surface area contributed by atoms with Gasteiger partial charge in [0, 0.05) is 13.2 Å². The molecule has 1 saturated carbocycles. The second-order valence-electron chi connectivity index (χ2n) is 5.55. The lowest BCUT2D eigenvalue weighted by atomic mass is 9.72. The molecule has 2 nitrogen and oxygen atoms in total. The molecule has 0 amide bonds. The molecule has 0 aromatic heterocycles. The zero-order chi connectivity index (χ0) is 12.1. The molecule has 1 N–H and O–H groups in total. The second-order valence-corrected chi connectivity index (χ2v) is 5.55. The van der Waals surface area contributed by atoms with E-state index in [1.807, 2.05) is 7.11 Å². The lowest BCUT2D eigenvalue weighted by Crippen LogP contribution is -2.47. The van der Waals surface area contributed by atoms with Crippen molar-refractivity contribution in [2.75, 3.05) is 13.7 Å². The van der Waals surface area contributed by atoms with Gasteiger partial charge >= 0.3 is 0 Å². The molecular weight excluding hydrogens is 198 g/mol. The minimum Gasteiger partial charge on any atom is -0.380 e. The summed E-state index contributed by atoms with van der Waals surface area (Å²) in [6, 6.07) is 0.532. The molecule has 1 aliphatic carbocycles. The monoisotopic (exact) mass is 227 g/mol. The summed E-state index contributed by atoms with van der Waals surface area (Å²) in [5.41, 5.74) is 0. The number of rotatable bonds is 5. The van der Waals surface area contributed by atoms with Gasteiger partial charge < -0.3 is 10.1 Å². The summed E-state index contributed by atoms with van der Waals surface area (Å²) in [6.07, 6.45) is 4.42. The Balaban J connectivity index is 2.57. The summed E-state index contributed by atoms with van der Waals surface area (Å²) in [4.78, 5) is 0. The number of methoxy groups -OCH3 is 1. The topological polar surface area (TPSA) is 21.3 Å². The maximum absolute atomic E-state index is 5.52. The molecule has 5 unspecified atom stereocenters. The Kier molecular flexibility index (Phi) is 5.77. The van der Waals surface area contributed by atoms with Crippen LogP contribution in [0.5, 0.6) is 0 Å². The van der Waals surface area contributed by atoms with Crippen LogP contribution >= 0.6 is 0 Å². The van der Waals surface area contributed by atoms with Gasteiger partial charge in [-0.25, -0.2) is 0 Å². The first kappa shape index (κ1) is 14.0. The van der Waals surface area contributed by atoms with Crippen molar-refractivity contribution in [1.82, 2.24) is 5.32 Å². The van der Waals surface area contributed by atoms with Crippen molar-refractivity contribution >= 4 is 0 Å². The average Bonchev–Trinajstić information content (AvgIpc) is 2.29. The van der Waals surface area contributed by atoms with E-state index in [2.05, 4.69) is 33.0 Å². The molecule has 1 rings (SSSR count). The SMILES string of the molecule is CCNC(C1CCC(C)C(C)C1)C(C)OC. The zero-order valence-electron chi connectivity index (χ0n) is 11.6. The van der Waals surface area contributed by atoms with Crippen LogP contribution in [0.4, 0.5) is 0 Å². The van der Waals surface area contributed by atoms with Crippen molar-refractivity contribution in [1.29, 1.82) is 0 Å². The standard InChI is InChI=1S/C14H29NO/c1-6-15-14(12(4)16-5)13-8-7-10(2)11(3)9-13/h10-15H,6-9H2,1-5H3. The van der Waals surface area contributed by atoms with E-state index in [9.17, 15) is 0 Å². The van der Waals surface area contributed by atoms with Crippen LogP contribution in [0.1, 0.15) is 47.0 Å². The average molecular weight is 227 g/mol. The Morgan fingerprint density at radius 2 is 1.94 bits per heavy atom. The Labute approximate surface area is 101 Å². The maximum atomic E-state index is 5.52. The van der Waals surface area contributed by atoms with Crippen molar-refractivity contribution in [3.8, 4) is 0 Å². The van der Waals surface area contributed by atoms with Gasteiger partial charge in [0.05, 0.1) is 6.10 Å². The van der Waals surface area contributed by atoms with E-state index in [-0.39, 0.29) is 0 Å². The quantitative estimate of drug-likeness (QED) is 0.779. The van der Waals surface area contributed by atoms with E-state index in [0.29, 0.717) is 12.1 Å². The van der Waals surface area contributed by atoms with Crippen molar-refractivity contribution < 1.29 is 4.74 Å². The Bertz CT molecular complexity index is 195. The summed E-state index contributed by atoms with van der Waals surface area (Å²) in [5.74, 6) is 2.56. The first-order valence-electron chi connectivity index (χ1n) is 6.86. The summed E-state index contributed by atoms with van der Waals surface area (Å²) in [7, 11) is 1.82. The molecule has 0 heterocycles. The van der Waals surface area contributed by atoms with Crippen molar-refractivity contribution in [3.05, 3.63) is 0 Å². The van der Waals surface area contributed by atoms with E-state index in [4.69, 9.17) is 4.74 Å². The highest BCUT2D eigenvalue weighted by Crippen LogP contribution is 2.35. The second kappa shape index (κ2) is 6.61. The maximum Gasteiger partial charge on any atom is 0.0698 e.